The van der Waals surface area contributed by atoms with Crippen LogP contribution in [0.1, 0.15) is 37.2 Å². The Morgan fingerprint density at radius 3 is 2.62 bits per heavy atom. The summed E-state index contributed by atoms with van der Waals surface area (Å²) in [7, 11) is 0. The molecule has 0 spiro atoms. The van der Waals surface area contributed by atoms with Gasteiger partial charge in [-0.25, -0.2) is 4.39 Å². The highest BCUT2D eigenvalue weighted by atomic mass is 32.2. The van der Waals surface area contributed by atoms with Crippen molar-refractivity contribution < 1.29 is 23.2 Å². The molecule has 1 amide bonds. The van der Waals surface area contributed by atoms with E-state index in [4.69, 9.17) is 9.26 Å². The number of ether oxygens (including phenoxy) is 1. The lowest BCUT2D eigenvalue weighted by molar-refractivity contribution is -0.152. The van der Waals surface area contributed by atoms with Crippen molar-refractivity contribution in [2.75, 3.05) is 5.75 Å². The topological polar surface area (TPSA) is 94.3 Å². The molecule has 0 bridgehead atoms. The predicted molar refractivity (Wildman–Crippen MR) is 93.7 cm³/mol. The van der Waals surface area contributed by atoms with Crippen molar-refractivity contribution in [3.8, 4) is 0 Å². The Kier molecular flexibility index (Phi) is 7.14. The smallest absolute Gasteiger partial charge is 0.316 e. The molecule has 2 rings (SSSR count). The summed E-state index contributed by atoms with van der Waals surface area (Å²) < 4.78 is 22.9. The summed E-state index contributed by atoms with van der Waals surface area (Å²) in [4.78, 5) is 28.0. The largest absolute Gasteiger partial charge is 0.452 e. The summed E-state index contributed by atoms with van der Waals surface area (Å²) in [5, 5.41) is 6.45. The summed E-state index contributed by atoms with van der Waals surface area (Å²) >= 11 is 1.27. The van der Waals surface area contributed by atoms with Gasteiger partial charge in [0, 0.05) is 6.92 Å². The van der Waals surface area contributed by atoms with Crippen molar-refractivity contribution in [3.05, 3.63) is 47.4 Å². The highest BCUT2D eigenvalue weighted by Gasteiger charge is 2.20. The number of hydrogen-bond acceptors (Lipinski definition) is 7. The van der Waals surface area contributed by atoms with Gasteiger partial charge in [0.05, 0.1) is 17.5 Å². The molecule has 0 aliphatic rings. The van der Waals surface area contributed by atoms with Gasteiger partial charge in [-0.05, 0) is 31.5 Å². The normalized spacial score (nSPS) is 13.1. The van der Waals surface area contributed by atoms with Crippen molar-refractivity contribution in [2.24, 2.45) is 0 Å². The Morgan fingerprint density at radius 1 is 1.31 bits per heavy atom. The molecule has 0 aliphatic carbocycles. The van der Waals surface area contributed by atoms with Crippen molar-refractivity contribution in [1.82, 2.24) is 15.5 Å². The van der Waals surface area contributed by atoms with Crippen LogP contribution in [0.4, 0.5) is 4.39 Å². The summed E-state index contributed by atoms with van der Waals surface area (Å²) in [6.45, 7) is 4.95. The van der Waals surface area contributed by atoms with Crippen LogP contribution in [0.5, 0.6) is 0 Å². The molecule has 26 heavy (non-hydrogen) atoms. The van der Waals surface area contributed by atoms with Gasteiger partial charge in [0.15, 0.2) is 11.9 Å². The fourth-order valence-corrected chi connectivity index (χ4v) is 2.71. The molecule has 9 heteroatoms. The fraction of sp³-hybridized carbons (Fsp3) is 0.412. The van der Waals surface area contributed by atoms with E-state index < -0.39 is 18.0 Å². The number of benzene rings is 1. The summed E-state index contributed by atoms with van der Waals surface area (Å²) in [5.41, 5.74) is 0.754. The van der Waals surface area contributed by atoms with Gasteiger partial charge in [-0.15, -0.1) is 11.8 Å². The lowest BCUT2D eigenvalue weighted by atomic mass is 10.1. The number of rotatable bonds is 8. The molecule has 0 aliphatic heterocycles. The number of carbonyl (C=O) groups excluding carboxylic acids is 2. The van der Waals surface area contributed by atoms with Crippen molar-refractivity contribution >= 4 is 23.6 Å². The monoisotopic (exact) mass is 381 g/mol. The molecule has 2 aromatic rings. The quantitative estimate of drug-likeness (QED) is 0.702. The second-order valence-electron chi connectivity index (χ2n) is 5.64. The molecule has 140 valence electrons. The standard InChI is InChI=1S/C17H20FN3O4S/c1-10(13-4-6-14(18)7-5-13)19-17(23)11(2)24-16(22)9-26-8-15-20-12(3)25-21-15/h4-7,10-11H,8-9H2,1-3H3,(H,19,23). The molecular weight excluding hydrogens is 361 g/mol. The highest BCUT2D eigenvalue weighted by molar-refractivity contribution is 7.99. The number of aryl methyl sites for hydroxylation is 1. The molecule has 1 aromatic carbocycles. The van der Waals surface area contributed by atoms with Crippen molar-refractivity contribution in [3.63, 3.8) is 0 Å². The molecule has 2 unspecified atom stereocenters. The van der Waals surface area contributed by atoms with E-state index in [0.29, 0.717) is 17.5 Å². The van der Waals surface area contributed by atoms with Gasteiger partial charge in [-0.1, -0.05) is 17.3 Å². The molecule has 0 saturated carbocycles. The summed E-state index contributed by atoms with van der Waals surface area (Å²) in [6.07, 6.45) is -0.932. The van der Waals surface area contributed by atoms with E-state index in [9.17, 15) is 14.0 Å². The number of hydrogen-bond donors (Lipinski definition) is 1. The molecule has 1 N–H and O–H groups in total. The highest BCUT2D eigenvalue weighted by Crippen LogP contribution is 2.14. The Hall–Kier alpha value is -2.42. The SMILES string of the molecule is Cc1nc(CSCC(=O)OC(C)C(=O)NC(C)c2ccc(F)cc2)no1. The van der Waals surface area contributed by atoms with Crippen molar-refractivity contribution in [2.45, 2.75) is 38.7 Å². The number of halogens is 1. The average Bonchev–Trinajstić information content (AvgIpc) is 3.00. The first-order chi connectivity index (χ1) is 12.3. The summed E-state index contributed by atoms with van der Waals surface area (Å²) in [6, 6.07) is 5.49. The van der Waals surface area contributed by atoms with E-state index in [1.54, 1.807) is 26.0 Å². The maximum absolute atomic E-state index is 12.9. The maximum atomic E-state index is 12.9. The Balaban J connectivity index is 1.73. The van der Waals surface area contributed by atoms with Crippen LogP contribution in [-0.4, -0.2) is 33.9 Å². The third-order valence-corrected chi connectivity index (χ3v) is 4.33. The second kappa shape index (κ2) is 9.33. The number of amides is 1. The van der Waals surface area contributed by atoms with Gasteiger partial charge in [0.1, 0.15) is 5.82 Å². The second-order valence-corrected chi connectivity index (χ2v) is 6.62. The maximum Gasteiger partial charge on any atom is 0.316 e. The molecule has 0 fully saturated rings. The number of esters is 1. The average molecular weight is 381 g/mol. The van der Waals surface area contributed by atoms with Crippen LogP contribution in [-0.2, 0) is 20.1 Å². The predicted octanol–water partition coefficient (Wildman–Crippen LogP) is 2.56. The van der Waals surface area contributed by atoms with Gasteiger partial charge in [-0.2, -0.15) is 4.98 Å². The Bertz CT molecular complexity index is 751. The van der Waals surface area contributed by atoms with Crippen LogP contribution in [0.15, 0.2) is 28.8 Å². The zero-order valence-electron chi connectivity index (χ0n) is 14.7. The zero-order valence-corrected chi connectivity index (χ0v) is 15.5. The van der Waals surface area contributed by atoms with Crippen molar-refractivity contribution in [1.29, 1.82) is 0 Å². The lowest BCUT2D eigenvalue weighted by Crippen LogP contribution is -2.37. The van der Waals surface area contributed by atoms with Crippen LogP contribution in [0.25, 0.3) is 0 Å². The number of nitrogens with zero attached hydrogens (tertiary/aromatic N) is 2. The van der Waals surface area contributed by atoms with Gasteiger partial charge < -0.3 is 14.6 Å². The Morgan fingerprint density at radius 2 is 2.00 bits per heavy atom. The molecule has 0 saturated heterocycles. The van der Waals surface area contributed by atoms with Crippen LogP contribution < -0.4 is 5.32 Å². The molecule has 1 aromatic heterocycles. The first kappa shape index (κ1) is 19.9. The first-order valence-electron chi connectivity index (χ1n) is 7.97. The van der Waals surface area contributed by atoms with E-state index in [2.05, 4.69) is 15.5 Å². The molecule has 2 atom stereocenters. The molecular formula is C17H20FN3O4S. The van der Waals surface area contributed by atoms with E-state index in [1.165, 1.54) is 30.8 Å². The first-order valence-corrected chi connectivity index (χ1v) is 9.13. The van der Waals surface area contributed by atoms with Crippen LogP contribution >= 0.6 is 11.8 Å². The van der Waals surface area contributed by atoms with Gasteiger partial charge >= 0.3 is 5.97 Å². The van der Waals surface area contributed by atoms with Gasteiger partial charge in [0.25, 0.3) is 5.91 Å². The fourth-order valence-electron chi connectivity index (χ4n) is 2.08. The van der Waals surface area contributed by atoms with Gasteiger partial charge in [0.2, 0.25) is 5.89 Å². The van der Waals surface area contributed by atoms with Crippen LogP contribution in [0, 0.1) is 12.7 Å². The van der Waals surface area contributed by atoms with Crippen LogP contribution in [0.3, 0.4) is 0 Å². The molecule has 0 radical (unpaired) electrons. The van der Waals surface area contributed by atoms with E-state index in [1.807, 2.05) is 0 Å². The van der Waals surface area contributed by atoms with Crippen LogP contribution in [0.2, 0.25) is 0 Å². The van der Waals surface area contributed by atoms with Gasteiger partial charge in [-0.3, -0.25) is 9.59 Å². The number of aromatic nitrogens is 2. The molecule has 1 heterocycles. The minimum Gasteiger partial charge on any atom is -0.452 e. The van der Waals surface area contributed by atoms with E-state index in [-0.39, 0.29) is 17.6 Å². The minimum absolute atomic E-state index is 0.0682. The third-order valence-electron chi connectivity index (χ3n) is 3.43. The number of thioether (sulfide) groups is 1. The number of nitrogens with one attached hydrogen (secondary N) is 1. The third kappa shape index (κ3) is 6.14. The zero-order chi connectivity index (χ0) is 19.1. The van der Waals surface area contributed by atoms with E-state index >= 15 is 0 Å². The van der Waals surface area contributed by atoms with E-state index in [0.717, 1.165) is 5.56 Å². The minimum atomic E-state index is -0.932. The lowest BCUT2D eigenvalue weighted by Gasteiger charge is -2.18. The number of carbonyl (C=O) groups is 2. The Labute approximate surface area is 154 Å². The summed E-state index contributed by atoms with van der Waals surface area (Å²) in [5.74, 6) is 0.167. The molecule has 7 nitrogen and oxygen atoms in total.